The van der Waals surface area contributed by atoms with Gasteiger partial charge in [0.25, 0.3) is 0 Å². The minimum Gasteiger partial charge on any atom is -0.509 e. The lowest BCUT2D eigenvalue weighted by molar-refractivity contribution is 0.281. The van der Waals surface area contributed by atoms with Crippen molar-refractivity contribution in [2.24, 2.45) is 0 Å². The van der Waals surface area contributed by atoms with Crippen molar-refractivity contribution in [1.29, 1.82) is 0 Å². The summed E-state index contributed by atoms with van der Waals surface area (Å²) in [5.41, 5.74) is -14.3. The zero-order valence-electron chi connectivity index (χ0n) is 75.1. The molecule has 22 heteroatoms. The minimum atomic E-state index is -3.20. The summed E-state index contributed by atoms with van der Waals surface area (Å²) in [6.07, 6.45) is 93.6. The Labute approximate surface area is 716 Å². The van der Waals surface area contributed by atoms with E-state index in [2.05, 4.69) is 56.2 Å². The van der Waals surface area contributed by atoms with Crippen LogP contribution in [-0.4, -0.2) is 72.5 Å². The van der Waals surface area contributed by atoms with Crippen LogP contribution in [0.5, 0.6) is 11.5 Å². The van der Waals surface area contributed by atoms with Gasteiger partial charge in [0.15, 0.2) is 75.6 Å². The number of phenols is 1. The maximum Gasteiger partial charge on any atom is 0.707 e. The topological polar surface area (TPSA) is 76.4 Å². The highest BCUT2D eigenvalue weighted by Crippen LogP contribution is 2.54. The van der Waals surface area contributed by atoms with Crippen LogP contribution in [0, 0.1) is 87.3 Å². The summed E-state index contributed by atoms with van der Waals surface area (Å²) < 4.78 is 221. The van der Waals surface area contributed by atoms with Crippen molar-refractivity contribution < 1.29 is 85.7 Å². The summed E-state index contributed by atoms with van der Waals surface area (Å²) in [7, 11) is 1.49. The molecule has 4 rings (SSSR count). The first-order chi connectivity index (χ1) is 58.0. The van der Waals surface area contributed by atoms with Crippen molar-refractivity contribution in [2.75, 3.05) is 40.3 Å². The van der Waals surface area contributed by atoms with Gasteiger partial charge in [0, 0.05) is 16.7 Å². The summed E-state index contributed by atoms with van der Waals surface area (Å²) in [6.45, 7) is 14.5. The summed E-state index contributed by atoms with van der Waals surface area (Å²) >= 11 is 0. The van der Waals surface area contributed by atoms with Crippen LogP contribution >= 0.6 is 0 Å². The Kier molecular flexibility index (Phi) is 66.4. The molecule has 0 saturated heterocycles. The predicted octanol–water partition coefficient (Wildman–Crippen LogP) is 33.7. The van der Waals surface area contributed by atoms with E-state index in [1.807, 2.05) is 0 Å². The number of nitrogens with zero attached hydrogens (tertiary/aromatic N) is 2. The Morgan fingerprint density at radius 3 is 0.542 bits per heavy atom. The molecule has 0 saturated carbocycles. The van der Waals surface area contributed by atoms with Gasteiger partial charge in [-0.05, 0) is 72.0 Å². The van der Waals surface area contributed by atoms with Crippen LogP contribution in [0.2, 0.25) is 0 Å². The van der Waals surface area contributed by atoms with Gasteiger partial charge in [-0.2, -0.15) is 0 Å². The standard InChI is InChI=1S/2C37H77N.C24H4BF15O4/c2*1-4-6-8-10-12-14-16-18-20-22-24-26-28-30-32-34-36-38(3)37-35-33-31-29-27-25-23-21-19-17-15-13-11-9-7-5-2;26-9-5(10(27)16(33)21(38)15(9)32)2-1-3(44-25(42)43)24(41)6(8-13(30)19(36)23(40)20(37)14(8)31)4(2)7-11(28)17(34)22(39)18(35)12(7)29/h2*4-37H2,1-3H3;1,41-43H. The second-order valence-electron chi connectivity index (χ2n) is 34.1. The first-order valence-corrected chi connectivity index (χ1v) is 47.8. The highest BCUT2D eigenvalue weighted by molar-refractivity contribution is 6.34. The van der Waals surface area contributed by atoms with Crippen molar-refractivity contribution >= 4 is 7.32 Å². The smallest absolute Gasteiger partial charge is 0.509 e. The van der Waals surface area contributed by atoms with Gasteiger partial charge >= 0.3 is 7.32 Å². The molecule has 692 valence electrons. The molecule has 4 aromatic carbocycles. The van der Waals surface area contributed by atoms with E-state index < -0.39 is 139 Å². The number of hydrogen-bond acceptors (Lipinski definition) is 6. The van der Waals surface area contributed by atoms with E-state index in [9.17, 15) is 62.2 Å². The normalized spacial score (nSPS) is 11.6. The number of aromatic hydroxyl groups is 1. The van der Waals surface area contributed by atoms with Crippen LogP contribution < -0.4 is 4.65 Å². The quantitative estimate of drug-likeness (QED) is 0.0134. The number of unbranched alkanes of at least 4 members (excludes halogenated alkanes) is 60. The molecule has 0 bridgehead atoms. The fourth-order valence-electron chi connectivity index (χ4n) is 16.0. The summed E-state index contributed by atoms with van der Waals surface area (Å²) in [5, 5.41) is 28.9. The molecule has 0 aliphatic carbocycles. The Morgan fingerprint density at radius 1 is 0.217 bits per heavy atom. The Bertz CT molecular complexity index is 3030. The molecule has 0 spiro atoms. The molecule has 0 heterocycles. The molecule has 0 aromatic heterocycles. The zero-order valence-corrected chi connectivity index (χ0v) is 75.1. The average Bonchev–Trinajstić information content (AvgIpc) is 0.718. The molecule has 0 aliphatic heterocycles. The average molecular weight is 1720 g/mol. The van der Waals surface area contributed by atoms with Gasteiger partial charge in [0.1, 0.15) is 5.75 Å². The number of halogens is 15. The highest BCUT2D eigenvalue weighted by Gasteiger charge is 2.39. The molecule has 0 amide bonds. The maximum absolute atomic E-state index is 15.1. The van der Waals surface area contributed by atoms with E-state index in [0.717, 1.165) is 0 Å². The summed E-state index contributed by atoms with van der Waals surface area (Å²) in [6, 6.07) is -0.310. The Balaban J connectivity index is 0.000000613. The lowest BCUT2D eigenvalue weighted by Gasteiger charge is -2.23. The molecular formula is C98H158BF15N2O4. The number of benzene rings is 4. The molecule has 0 fully saturated rings. The highest BCUT2D eigenvalue weighted by atomic mass is 19.2. The second kappa shape index (κ2) is 71.5. The van der Waals surface area contributed by atoms with Gasteiger partial charge in [-0.1, -0.05) is 413 Å². The molecule has 0 aliphatic rings. The fourth-order valence-corrected chi connectivity index (χ4v) is 16.0. The first kappa shape index (κ1) is 111. The van der Waals surface area contributed by atoms with E-state index in [1.54, 1.807) is 0 Å². The maximum atomic E-state index is 15.1. The third kappa shape index (κ3) is 46.5. The van der Waals surface area contributed by atoms with Gasteiger partial charge in [-0.25, -0.2) is 65.9 Å². The van der Waals surface area contributed by atoms with E-state index in [1.165, 1.54) is 437 Å². The van der Waals surface area contributed by atoms with E-state index in [-0.39, 0.29) is 6.07 Å². The Morgan fingerprint density at radius 2 is 0.367 bits per heavy atom. The third-order valence-corrected chi connectivity index (χ3v) is 23.5. The second-order valence-corrected chi connectivity index (χ2v) is 34.1. The SMILES string of the molecule is CCCCCCCCCCCCCCCCCCN(C)CCCCCCCCCCCCCCCCCC.CCCCCCCCCCCCCCCCCCN(C)CCCCCCCCCCCCCCCCCC.OB(O)Oc1cc(-c2c(F)c(F)c(F)c(F)c2F)c(-c2c(F)c(F)c(F)c(F)c2F)c(-c2c(F)c(F)c(F)c(F)c2F)c1O. The molecule has 4 aromatic rings. The first-order valence-electron chi connectivity index (χ1n) is 47.8. The number of rotatable bonds is 73. The van der Waals surface area contributed by atoms with E-state index in [0.29, 0.717) is 0 Å². The van der Waals surface area contributed by atoms with Crippen molar-refractivity contribution in [3.05, 3.63) is 93.3 Å². The van der Waals surface area contributed by atoms with Crippen LogP contribution in [0.4, 0.5) is 65.9 Å². The molecule has 0 unspecified atom stereocenters. The lowest BCUT2D eigenvalue weighted by atomic mass is 9.84. The van der Waals surface area contributed by atoms with Gasteiger partial charge in [0.05, 0.1) is 16.7 Å². The van der Waals surface area contributed by atoms with Crippen LogP contribution in [0.1, 0.15) is 439 Å². The zero-order chi connectivity index (χ0) is 88.5. The third-order valence-electron chi connectivity index (χ3n) is 23.5. The summed E-state index contributed by atoms with van der Waals surface area (Å²) in [4.78, 5) is 5.18. The van der Waals surface area contributed by atoms with Crippen molar-refractivity contribution in [3.63, 3.8) is 0 Å². The monoisotopic (exact) mass is 1720 g/mol. The lowest BCUT2D eigenvalue weighted by Crippen LogP contribution is -2.21. The van der Waals surface area contributed by atoms with Crippen molar-refractivity contribution in [3.8, 4) is 44.9 Å². The van der Waals surface area contributed by atoms with Gasteiger partial charge < -0.3 is 29.6 Å². The van der Waals surface area contributed by atoms with Crippen molar-refractivity contribution in [1.82, 2.24) is 9.80 Å². The molecule has 0 radical (unpaired) electrons. The molecule has 120 heavy (non-hydrogen) atoms. The van der Waals surface area contributed by atoms with Crippen molar-refractivity contribution in [2.45, 2.75) is 439 Å². The van der Waals surface area contributed by atoms with E-state index in [4.69, 9.17) is 10.0 Å². The van der Waals surface area contributed by atoms with Crippen LogP contribution in [0.15, 0.2) is 6.07 Å². The van der Waals surface area contributed by atoms with Crippen LogP contribution in [0.3, 0.4) is 0 Å². The minimum absolute atomic E-state index is 0.310. The largest absolute Gasteiger partial charge is 0.707 e. The number of phenolic OH excluding ortho intramolecular Hbond substituents is 1. The summed E-state index contributed by atoms with van der Waals surface area (Å²) in [5.74, 6) is -48.5. The molecule has 6 nitrogen and oxygen atoms in total. The van der Waals surface area contributed by atoms with Gasteiger partial charge in [-0.3, -0.25) is 0 Å². The van der Waals surface area contributed by atoms with Crippen LogP contribution in [0.25, 0.3) is 33.4 Å². The predicted molar refractivity (Wildman–Crippen MR) is 468 cm³/mol. The van der Waals surface area contributed by atoms with Crippen LogP contribution in [-0.2, 0) is 0 Å². The Hall–Kier alpha value is -4.67. The molecule has 3 N–H and O–H groups in total. The van der Waals surface area contributed by atoms with E-state index >= 15 is 8.78 Å². The molecule has 0 atom stereocenters. The van der Waals surface area contributed by atoms with Gasteiger partial charge in [0.2, 0.25) is 17.5 Å². The molecular weight excluding hydrogens is 1560 g/mol. The fraction of sp³-hybridized carbons (Fsp3) is 0.755. The van der Waals surface area contributed by atoms with Gasteiger partial charge in [-0.15, -0.1) is 0 Å². The number of hydrogen-bond donors (Lipinski definition) is 3.